The molecule has 0 saturated heterocycles. The lowest BCUT2D eigenvalue weighted by atomic mass is 9.63. The van der Waals surface area contributed by atoms with Crippen LogP contribution in [0.25, 0.3) is 0 Å². The third-order valence-corrected chi connectivity index (χ3v) is 6.00. The Balaban J connectivity index is 2.01. The number of ketones is 1. The van der Waals surface area contributed by atoms with E-state index in [4.69, 9.17) is 14.5 Å². The number of esters is 1. The quantitative estimate of drug-likeness (QED) is 0.484. The van der Waals surface area contributed by atoms with Crippen molar-refractivity contribution >= 4 is 17.5 Å². The number of carbonyl (C=O) groups is 2. The molecule has 0 aromatic heterocycles. The van der Waals surface area contributed by atoms with Crippen LogP contribution >= 0.6 is 0 Å². The van der Waals surface area contributed by atoms with E-state index in [-0.39, 0.29) is 23.7 Å². The van der Waals surface area contributed by atoms with Crippen LogP contribution in [0.1, 0.15) is 64.5 Å². The van der Waals surface area contributed by atoms with Gasteiger partial charge in [-0.05, 0) is 43.2 Å². The highest BCUT2D eigenvalue weighted by molar-refractivity contribution is 6.12. The van der Waals surface area contributed by atoms with Gasteiger partial charge in [0, 0.05) is 30.4 Å². The van der Waals surface area contributed by atoms with Crippen molar-refractivity contribution in [3.05, 3.63) is 46.7 Å². The maximum absolute atomic E-state index is 13.2. The molecule has 2 atom stereocenters. The van der Waals surface area contributed by atoms with Gasteiger partial charge in [-0.1, -0.05) is 45.0 Å². The number of carbonyl (C=O) groups excluding carboxylic acids is 2. The number of fused-ring (bicyclic) bond motifs is 1. The van der Waals surface area contributed by atoms with Gasteiger partial charge in [-0.25, -0.2) is 4.79 Å². The Hall–Kier alpha value is -2.27. The summed E-state index contributed by atoms with van der Waals surface area (Å²) in [4.78, 5) is 31.1. The Morgan fingerprint density at radius 3 is 2.43 bits per heavy atom. The van der Waals surface area contributed by atoms with Crippen molar-refractivity contribution in [2.45, 2.75) is 59.8 Å². The highest BCUT2D eigenvalue weighted by atomic mass is 16.6. The largest absolute Gasteiger partial charge is 0.460 e. The Kier molecular flexibility index (Phi) is 6.91. The zero-order valence-electron chi connectivity index (χ0n) is 18.8. The van der Waals surface area contributed by atoms with Crippen molar-refractivity contribution in [3.8, 4) is 0 Å². The molecule has 0 N–H and O–H groups in total. The molecule has 1 aliphatic carbocycles. The smallest absolute Gasteiger partial charge is 0.336 e. The summed E-state index contributed by atoms with van der Waals surface area (Å²) in [7, 11) is 0. The fourth-order valence-corrected chi connectivity index (χ4v) is 4.59. The van der Waals surface area contributed by atoms with Gasteiger partial charge in [-0.15, -0.1) is 0 Å². The van der Waals surface area contributed by atoms with E-state index in [9.17, 15) is 9.59 Å². The van der Waals surface area contributed by atoms with Gasteiger partial charge in [-0.3, -0.25) is 9.79 Å². The predicted molar refractivity (Wildman–Crippen MR) is 118 cm³/mol. The summed E-state index contributed by atoms with van der Waals surface area (Å²) in [5.74, 6) is -1.01. The molecule has 0 amide bonds. The molecule has 5 nitrogen and oxygen atoms in total. The first-order valence-electron chi connectivity index (χ1n) is 10.9. The van der Waals surface area contributed by atoms with Gasteiger partial charge in [0.15, 0.2) is 0 Å². The standard InChI is InChI=1S/C25H33NO4/c1-6-17-8-10-18(11-9-17)22-21(24(28)30-13-12-29-7-2)16(3)26-19-14-25(4,5)15-20(27)23(19)22/h8-11,22-23H,6-7,12-15H2,1-5H3/t22-,23?/m0/s1. The second-order valence-electron chi connectivity index (χ2n) is 8.97. The highest BCUT2D eigenvalue weighted by Gasteiger charge is 2.47. The van der Waals surface area contributed by atoms with E-state index < -0.39 is 11.9 Å². The SMILES string of the molecule is CCOCCOC(=O)C1=C(C)N=C2CC(C)(C)CC(=O)C2[C@H]1c1ccc(CC)cc1. The molecule has 0 bridgehead atoms. The molecule has 1 saturated carbocycles. The summed E-state index contributed by atoms with van der Waals surface area (Å²) in [6.07, 6.45) is 2.19. The Labute approximate surface area is 179 Å². The first-order valence-corrected chi connectivity index (χ1v) is 10.9. The second kappa shape index (κ2) is 9.25. The summed E-state index contributed by atoms with van der Waals surface area (Å²) >= 11 is 0. The Morgan fingerprint density at radius 2 is 1.80 bits per heavy atom. The van der Waals surface area contributed by atoms with Crippen molar-refractivity contribution in [1.82, 2.24) is 0 Å². The van der Waals surface area contributed by atoms with Crippen LogP contribution in [-0.2, 0) is 25.5 Å². The molecule has 30 heavy (non-hydrogen) atoms. The number of benzene rings is 1. The lowest BCUT2D eigenvalue weighted by molar-refractivity contribution is -0.141. The average Bonchev–Trinajstić information content (AvgIpc) is 2.69. The number of ether oxygens (including phenoxy) is 2. The number of Topliss-reactive ketones (excluding diaryl/α,β-unsaturated/α-hetero) is 1. The van der Waals surface area contributed by atoms with Gasteiger partial charge >= 0.3 is 5.97 Å². The lowest BCUT2D eigenvalue weighted by Crippen LogP contribution is -2.44. The summed E-state index contributed by atoms with van der Waals surface area (Å²) in [6.45, 7) is 11.2. The third kappa shape index (κ3) is 4.72. The normalized spacial score (nSPS) is 23.1. The number of nitrogens with zero attached hydrogens (tertiary/aromatic N) is 1. The van der Waals surface area contributed by atoms with E-state index in [2.05, 4.69) is 32.9 Å². The minimum atomic E-state index is -0.405. The number of rotatable bonds is 7. The van der Waals surface area contributed by atoms with E-state index in [1.54, 1.807) is 0 Å². The van der Waals surface area contributed by atoms with Gasteiger partial charge in [-0.2, -0.15) is 0 Å². The molecule has 1 aliphatic heterocycles. The van der Waals surface area contributed by atoms with Gasteiger partial charge in [0.05, 0.1) is 18.1 Å². The van der Waals surface area contributed by atoms with Crippen molar-refractivity contribution < 1.29 is 19.1 Å². The molecule has 1 heterocycles. The number of aryl methyl sites for hydroxylation is 1. The van der Waals surface area contributed by atoms with Crippen LogP contribution in [0.2, 0.25) is 0 Å². The summed E-state index contributed by atoms with van der Waals surface area (Å²) in [5.41, 5.74) is 4.12. The fraction of sp³-hybridized carbons (Fsp3) is 0.560. The van der Waals surface area contributed by atoms with Crippen molar-refractivity contribution in [3.63, 3.8) is 0 Å². The summed E-state index contributed by atoms with van der Waals surface area (Å²) in [5, 5.41) is 0. The molecule has 162 valence electrons. The number of hydrogen-bond donors (Lipinski definition) is 0. The molecule has 1 fully saturated rings. The van der Waals surface area contributed by atoms with Crippen molar-refractivity contribution in [2.75, 3.05) is 19.8 Å². The number of allylic oxidation sites excluding steroid dienone is 1. The molecule has 1 aromatic rings. The van der Waals surface area contributed by atoms with Gasteiger partial charge in [0.25, 0.3) is 0 Å². The van der Waals surface area contributed by atoms with Gasteiger partial charge in [0.2, 0.25) is 0 Å². The van der Waals surface area contributed by atoms with Gasteiger partial charge in [0.1, 0.15) is 12.4 Å². The lowest BCUT2D eigenvalue weighted by Gasteiger charge is -2.41. The minimum Gasteiger partial charge on any atom is -0.460 e. The first-order chi connectivity index (χ1) is 14.3. The topological polar surface area (TPSA) is 65.0 Å². The van der Waals surface area contributed by atoms with E-state index in [1.807, 2.05) is 26.0 Å². The number of hydrogen-bond acceptors (Lipinski definition) is 5. The predicted octanol–water partition coefficient (Wildman–Crippen LogP) is 4.65. The summed E-state index contributed by atoms with van der Waals surface area (Å²) in [6, 6.07) is 8.23. The second-order valence-corrected chi connectivity index (χ2v) is 8.97. The van der Waals surface area contributed by atoms with Crippen LogP contribution < -0.4 is 0 Å². The molecular formula is C25H33NO4. The maximum atomic E-state index is 13.2. The van der Waals surface area contributed by atoms with E-state index in [1.165, 1.54) is 5.56 Å². The zero-order chi connectivity index (χ0) is 21.9. The van der Waals surface area contributed by atoms with Crippen LogP contribution in [0, 0.1) is 11.3 Å². The Bertz CT molecular complexity index is 864. The molecule has 1 aromatic carbocycles. The molecular weight excluding hydrogens is 378 g/mol. The summed E-state index contributed by atoms with van der Waals surface area (Å²) < 4.78 is 10.8. The van der Waals surface area contributed by atoms with E-state index >= 15 is 0 Å². The Morgan fingerprint density at radius 1 is 1.10 bits per heavy atom. The van der Waals surface area contributed by atoms with E-state index in [0.29, 0.717) is 30.9 Å². The van der Waals surface area contributed by atoms with Crippen molar-refractivity contribution in [2.24, 2.45) is 16.3 Å². The van der Waals surface area contributed by atoms with E-state index in [0.717, 1.165) is 24.1 Å². The molecule has 3 rings (SSSR count). The fourth-order valence-electron chi connectivity index (χ4n) is 4.59. The minimum absolute atomic E-state index is 0.112. The maximum Gasteiger partial charge on any atom is 0.336 e. The van der Waals surface area contributed by atoms with Crippen LogP contribution in [0.3, 0.4) is 0 Å². The van der Waals surface area contributed by atoms with Crippen molar-refractivity contribution in [1.29, 1.82) is 0 Å². The molecule has 5 heteroatoms. The third-order valence-electron chi connectivity index (χ3n) is 6.00. The van der Waals surface area contributed by atoms with Crippen LogP contribution in [0.5, 0.6) is 0 Å². The number of aliphatic imine (C=N–C) groups is 1. The van der Waals surface area contributed by atoms with Crippen LogP contribution in [0.4, 0.5) is 0 Å². The zero-order valence-corrected chi connectivity index (χ0v) is 18.8. The molecule has 0 spiro atoms. The highest BCUT2D eigenvalue weighted by Crippen LogP contribution is 2.47. The molecule has 0 radical (unpaired) electrons. The monoisotopic (exact) mass is 411 g/mol. The molecule has 1 unspecified atom stereocenters. The average molecular weight is 412 g/mol. The molecule has 2 aliphatic rings. The van der Waals surface area contributed by atoms with Crippen LogP contribution in [-0.4, -0.2) is 37.3 Å². The van der Waals surface area contributed by atoms with Crippen LogP contribution in [0.15, 0.2) is 40.5 Å². The first kappa shape index (κ1) is 22.4. The van der Waals surface area contributed by atoms with Gasteiger partial charge < -0.3 is 9.47 Å².